The molecule has 0 spiro atoms. The van der Waals surface area contributed by atoms with E-state index in [1.807, 2.05) is 11.4 Å². The van der Waals surface area contributed by atoms with Crippen molar-refractivity contribution in [3.8, 4) is 9.88 Å². The maximum Gasteiger partial charge on any atom is 0.451 e. The van der Waals surface area contributed by atoms with Crippen LogP contribution >= 0.6 is 38.6 Å². The SMILES string of the molecule is O=C(Nc1n[nH]c(C(F)(F)F)n1)c1csc(-c2cc(Br)cs2)n1. The number of carbonyl (C=O) groups excluding carboxylic acids is 1. The second kappa shape index (κ2) is 6.02. The predicted octanol–water partition coefficient (Wildman–Crippen LogP) is 4.02. The number of carbonyl (C=O) groups is 1. The molecule has 2 N–H and O–H groups in total. The Morgan fingerprint density at radius 2 is 2.04 bits per heavy atom. The predicted molar refractivity (Wildman–Crippen MR) is 82.5 cm³/mol. The van der Waals surface area contributed by atoms with E-state index in [1.165, 1.54) is 28.1 Å². The Balaban J connectivity index is 1.74. The number of anilines is 1. The number of hydrogen-bond acceptors (Lipinski definition) is 6. The van der Waals surface area contributed by atoms with Gasteiger partial charge in [-0.3, -0.25) is 15.2 Å². The van der Waals surface area contributed by atoms with Crippen molar-refractivity contribution in [3.63, 3.8) is 0 Å². The molecule has 0 saturated carbocycles. The normalized spacial score (nSPS) is 11.7. The molecule has 12 heteroatoms. The monoisotopic (exact) mass is 423 g/mol. The summed E-state index contributed by atoms with van der Waals surface area (Å²) in [4.78, 5) is 20.2. The van der Waals surface area contributed by atoms with E-state index >= 15 is 0 Å². The molecule has 0 aliphatic rings. The topological polar surface area (TPSA) is 83.6 Å². The van der Waals surface area contributed by atoms with Gasteiger partial charge in [0.2, 0.25) is 11.8 Å². The third kappa shape index (κ3) is 3.59. The molecule has 6 nitrogen and oxygen atoms in total. The summed E-state index contributed by atoms with van der Waals surface area (Å²) >= 11 is 6.03. The number of aromatic amines is 1. The molecule has 0 aromatic carbocycles. The number of rotatable bonds is 3. The van der Waals surface area contributed by atoms with Crippen molar-refractivity contribution in [1.82, 2.24) is 20.2 Å². The van der Waals surface area contributed by atoms with Gasteiger partial charge in [0.15, 0.2) is 0 Å². The largest absolute Gasteiger partial charge is 0.451 e. The van der Waals surface area contributed by atoms with Gasteiger partial charge < -0.3 is 0 Å². The molecule has 0 aliphatic heterocycles. The first-order valence-corrected chi connectivity index (χ1v) is 8.39. The molecule has 0 saturated heterocycles. The minimum absolute atomic E-state index is 0.0767. The van der Waals surface area contributed by atoms with Crippen LogP contribution in [0.5, 0.6) is 0 Å². The van der Waals surface area contributed by atoms with Gasteiger partial charge in [0, 0.05) is 15.2 Å². The Morgan fingerprint density at radius 3 is 2.65 bits per heavy atom. The number of nitrogens with one attached hydrogen (secondary N) is 2. The first-order valence-electron chi connectivity index (χ1n) is 5.84. The van der Waals surface area contributed by atoms with Crippen molar-refractivity contribution >= 4 is 50.5 Å². The minimum Gasteiger partial charge on any atom is -0.288 e. The second-order valence-corrected chi connectivity index (χ2v) is 6.81. The Morgan fingerprint density at radius 1 is 1.26 bits per heavy atom. The lowest BCUT2D eigenvalue weighted by Gasteiger charge is -1.99. The quantitative estimate of drug-likeness (QED) is 0.666. The number of thiazole rings is 1. The van der Waals surface area contributed by atoms with Gasteiger partial charge in [-0.1, -0.05) is 0 Å². The van der Waals surface area contributed by atoms with Crippen molar-refractivity contribution < 1.29 is 18.0 Å². The number of H-pyrrole nitrogens is 1. The van der Waals surface area contributed by atoms with Crippen molar-refractivity contribution in [2.24, 2.45) is 0 Å². The molecule has 0 aliphatic carbocycles. The van der Waals surface area contributed by atoms with E-state index < -0.39 is 23.9 Å². The number of alkyl halides is 3. The van der Waals surface area contributed by atoms with Crippen LogP contribution in [0, 0.1) is 0 Å². The van der Waals surface area contributed by atoms with Crippen LogP contribution in [0.4, 0.5) is 19.1 Å². The molecular formula is C11H5BrF3N5OS2. The summed E-state index contributed by atoms with van der Waals surface area (Å²) in [6.45, 7) is 0. The van der Waals surface area contributed by atoms with Gasteiger partial charge in [0.25, 0.3) is 5.91 Å². The minimum atomic E-state index is -4.66. The smallest absolute Gasteiger partial charge is 0.288 e. The molecule has 0 bridgehead atoms. The molecule has 3 heterocycles. The van der Waals surface area contributed by atoms with Crippen LogP contribution in [0.15, 0.2) is 21.3 Å². The summed E-state index contributed by atoms with van der Waals surface area (Å²) in [6.07, 6.45) is -4.66. The highest BCUT2D eigenvalue weighted by Crippen LogP contribution is 2.32. The number of thiophene rings is 1. The van der Waals surface area contributed by atoms with Crippen molar-refractivity contribution in [2.45, 2.75) is 6.18 Å². The van der Waals surface area contributed by atoms with E-state index in [1.54, 1.807) is 5.10 Å². The van der Waals surface area contributed by atoms with Crippen molar-refractivity contribution in [2.75, 3.05) is 5.32 Å². The zero-order valence-corrected chi connectivity index (χ0v) is 14.0. The second-order valence-electron chi connectivity index (χ2n) is 4.13. The van der Waals surface area contributed by atoms with Crippen LogP contribution in [0.1, 0.15) is 16.3 Å². The molecule has 0 unspecified atom stereocenters. The molecule has 3 aromatic rings. The highest BCUT2D eigenvalue weighted by molar-refractivity contribution is 9.10. The zero-order chi connectivity index (χ0) is 16.6. The molecule has 3 aromatic heterocycles. The van der Waals surface area contributed by atoms with Gasteiger partial charge in [-0.15, -0.1) is 27.8 Å². The Hall–Kier alpha value is -1.79. The lowest BCUT2D eigenvalue weighted by Crippen LogP contribution is -2.14. The Kier molecular flexibility index (Phi) is 4.21. The first kappa shape index (κ1) is 16.1. The standard InChI is InChI=1S/C11H5BrF3N5OS2/c12-4-1-6(22-2-4)8-16-5(3-23-8)7(21)17-10-18-9(19-20-10)11(13,14)15/h1-3H,(H2,17,18,19,20,21). The molecule has 120 valence electrons. The summed E-state index contributed by atoms with van der Waals surface area (Å²) in [7, 11) is 0. The summed E-state index contributed by atoms with van der Waals surface area (Å²) in [5.74, 6) is -2.43. The van der Waals surface area contributed by atoms with E-state index in [0.29, 0.717) is 5.01 Å². The summed E-state index contributed by atoms with van der Waals surface area (Å²) in [5.41, 5.74) is 0.0767. The van der Waals surface area contributed by atoms with Gasteiger partial charge in [0.1, 0.15) is 10.7 Å². The number of halogens is 4. The Labute approximate surface area is 142 Å². The fourth-order valence-electron chi connectivity index (χ4n) is 1.53. The molecule has 3 rings (SSSR count). The van der Waals surface area contributed by atoms with E-state index in [2.05, 4.69) is 36.3 Å². The zero-order valence-electron chi connectivity index (χ0n) is 10.8. The van der Waals surface area contributed by atoms with Crippen LogP contribution in [0.2, 0.25) is 0 Å². The van der Waals surface area contributed by atoms with E-state index in [0.717, 1.165) is 9.35 Å². The molecule has 0 atom stereocenters. The van der Waals surface area contributed by atoms with Gasteiger partial charge in [0.05, 0.1) is 4.88 Å². The average molecular weight is 424 g/mol. The number of nitrogens with zero attached hydrogens (tertiary/aromatic N) is 3. The molecular weight excluding hydrogens is 419 g/mol. The van der Waals surface area contributed by atoms with E-state index in [-0.39, 0.29) is 5.69 Å². The maximum atomic E-state index is 12.4. The van der Waals surface area contributed by atoms with Gasteiger partial charge >= 0.3 is 6.18 Å². The fraction of sp³-hybridized carbons (Fsp3) is 0.0909. The lowest BCUT2D eigenvalue weighted by atomic mass is 10.4. The third-order valence-electron chi connectivity index (χ3n) is 2.49. The summed E-state index contributed by atoms with van der Waals surface area (Å²) in [5, 5.41) is 11.2. The fourth-order valence-corrected chi connectivity index (χ4v) is 3.83. The van der Waals surface area contributed by atoms with E-state index in [4.69, 9.17) is 0 Å². The maximum absolute atomic E-state index is 12.4. The molecule has 0 radical (unpaired) electrons. The van der Waals surface area contributed by atoms with Crippen molar-refractivity contribution in [3.05, 3.63) is 32.8 Å². The number of hydrogen-bond donors (Lipinski definition) is 2. The van der Waals surface area contributed by atoms with Crippen LogP contribution < -0.4 is 5.32 Å². The highest BCUT2D eigenvalue weighted by Gasteiger charge is 2.35. The van der Waals surface area contributed by atoms with Crippen LogP contribution in [-0.4, -0.2) is 26.1 Å². The Bertz CT molecular complexity index is 856. The molecule has 1 amide bonds. The van der Waals surface area contributed by atoms with E-state index in [9.17, 15) is 18.0 Å². The van der Waals surface area contributed by atoms with Crippen molar-refractivity contribution in [1.29, 1.82) is 0 Å². The summed E-state index contributed by atoms with van der Waals surface area (Å²) < 4.78 is 38.1. The van der Waals surface area contributed by atoms with Crippen LogP contribution in [-0.2, 0) is 6.18 Å². The van der Waals surface area contributed by atoms with Gasteiger partial charge in [-0.25, -0.2) is 4.98 Å². The summed E-state index contributed by atoms with van der Waals surface area (Å²) in [6, 6.07) is 1.86. The van der Waals surface area contributed by atoms with Gasteiger partial charge in [-0.05, 0) is 22.0 Å². The average Bonchev–Trinajstić information content (AvgIpc) is 3.15. The highest BCUT2D eigenvalue weighted by atomic mass is 79.9. The first-order chi connectivity index (χ1) is 10.8. The van der Waals surface area contributed by atoms with Crippen LogP contribution in [0.25, 0.3) is 9.88 Å². The molecule has 0 fully saturated rings. The third-order valence-corrected chi connectivity index (χ3v) is 5.20. The molecule has 23 heavy (non-hydrogen) atoms. The number of amides is 1. The van der Waals surface area contributed by atoms with Gasteiger partial charge in [-0.2, -0.15) is 18.2 Å². The number of aromatic nitrogens is 4. The van der Waals surface area contributed by atoms with Crippen LogP contribution in [0.3, 0.4) is 0 Å². The lowest BCUT2D eigenvalue weighted by molar-refractivity contribution is -0.144.